The van der Waals surface area contributed by atoms with E-state index in [1.807, 2.05) is 0 Å². The van der Waals surface area contributed by atoms with Crippen LogP contribution < -0.4 is 0 Å². The summed E-state index contributed by atoms with van der Waals surface area (Å²) in [6, 6.07) is 0. The van der Waals surface area contributed by atoms with Crippen molar-refractivity contribution in [2.75, 3.05) is 13.2 Å². The highest BCUT2D eigenvalue weighted by Crippen LogP contribution is 2.17. The molecule has 75 heavy (non-hydrogen) atoms. The molecule has 1 atom stereocenters. The Labute approximate surface area is 465 Å². The van der Waals surface area contributed by atoms with Crippen LogP contribution in [0.15, 0.2) is 85.1 Å². The summed E-state index contributed by atoms with van der Waals surface area (Å²) in [7, 11) is 0. The summed E-state index contributed by atoms with van der Waals surface area (Å²) in [6.07, 6.45) is 83.1. The van der Waals surface area contributed by atoms with Crippen LogP contribution in [0, 0.1) is 0 Å². The molecule has 0 aliphatic carbocycles. The van der Waals surface area contributed by atoms with E-state index >= 15 is 0 Å². The molecule has 0 bridgehead atoms. The van der Waals surface area contributed by atoms with Crippen molar-refractivity contribution in [2.24, 2.45) is 0 Å². The fourth-order valence-electron chi connectivity index (χ4n) is 9.13. The molecular weight excluding hydrogens is 925 g/mol. The quantitative estimate of drug-likeness (QED) is 0.0261. The fourth-order valence-corrected chi connectivity index (χ4v) is 9.13. The number of hydrogen-bond acceptors (Lipinski definition) is 6. The number of carbonyl (C=O) groups is 3. The van der Waals surface area contributed by atoms with E-state index < -0.39 is 6.10 Å². The van der Waals surface area contributed by atoms with Crippen LogP contribution in [0.1, 0.15) is 316 Å². The minimum absolute atomic E-state index is 0.0787. The Kier molecular flexibility index (Phi) is 60.3. The second kappa shape index (κ2) is 63.1. The van der Waals surface area contributed by atoms with Crippen molar-refractivity contribution in [1.29, 1.82) is 0 Å². The van der Waals surface area contributed by atoms with Gasteiger partial charge in [-0.05, 0) is 77.0 Å². The van der Waals surface area contributed by atoms with Gasteiger partial charge >= 0.3 is 17.9 Å². The molecule has 0 aromatic carbocycles. The van der Waals surface area contributed by atoms with Gasteiger partial charge in [-0.2, -0.15) is 0 Å². The topological polar surface area (TPSA) is 78.9 Å². The summed E-state index contributed by atoms with van der Waals surface area (Å²) in [6.45, 7) is 6.53. The summed E-state index contributed by atoms with van der Waals surface area (Å²) >= 11 is 0. The lowest BCUT2D eigenvalue weighted by Gasteiger charge is -2.18. The maximum absolute atomic E-state index is 12.9. The van der Waals surface area contributed by atoms with E-state index in [-0.39, 0.29) is 31.1 Å². The predicted molar refractivity (Wildman–Crippen MR) is 325 cm³/mol. The second-order valence-corrected chi connectivity index (χ2v) is 21.3. The maximum Gasteiger partial charge on any atom is 0.306 e. The van der Waals surface area contributed by atoms with E-state index in [1.54, 1.807) is 0 Å². The second-order valence-electron chi connectivity index (χ2n) is 21.3. The summed E-state index contributed by atoms with van der Waals surface area (Å²) < 4.78 is 16.9. The summed E-state index contributed by atoms with van der Waals surface area (Å²) in [5, 5.41) is 0. The third-order valence-electron chi connectivity index (χ3n) is 13.9. The lowest BCUT2D eigenvalue weighted by molar-refractivity contribution is -0.167. The van der Waals surface area contributed by atoms with E-state index in [4.69, 9.17) is 14.2 Å². The largest absolute Gasteiger partial charge is 0.462 e. The van der Waals surface area contributed by atoms with Crippen LogP contribution in [-0.4, -0.2) is 37.2 Å². The highest BCUT2D eigenvalue weighted by molar-refractivity contribution is 5.71. The highest BCUT2D eigenvalue weighted by Gasteiger charge is 2.19. The van der Waals surface area contributed by atoms with Crippen molar-refractivity contribution in [1.82, 2.24) is 0 Å². The van der Waals surface area contributed by atoms with Gasteiger partial charge in [0.25, 0.3) is 0 Å². The van der Waals surface area contributed by atoms with Gasteiger partial charge in [0, 0.05) is 19.3 Å². The first-order valence-electron chi connectivity index (χ1n) is 32.1. The predicted octanol–water partition coefficient (Wildman–Crippen LogP) is 21.9. The zero-order valence-corrected chi connectivity index (χ0v) is 49.6. The monoisotopic (exact) mass is 1040 g/mol. The van der Waals surface area contributed by atoms with Crippen molar-refractivity contribution in [3.63, 3.8) is 0 Å². The standard InChI is InChI=1S/C69H120O6/c1-4-7-10-13-16-19-22-24-26-28-30-32-33-34-35-36-37-38-40-41-43-45-47-50-53-56-59-62-68(71)74-65-66(64-73-67(70)61-58-55-52-49-21-18-15-12-9-6-3)75-69(72)63-60-57-54-51-48-46-44-42-39-31-29-27-25-23-20-17-14-11-8-5-2/h7,10,16,19,24,26,30,32,34-35,37-38,41,43,66H,4-6,8-9,11-15,17-18,20-23,25,27-29,31,33,36,39-40,42,44-65H2,1-3H3/b10-7-,19-16-,26-24-,32-30-,35-34-,38-37-,43-41-. The molecular formula is C69H120O6. The molecule has 0 rings (SSSR count). The average molecular weight is 1050 g/mol. The van der Waals surface area contributed by atoms with Crippen molar-refractivity contribution >= 4 is 17.9 Å². The van der Waals surface area contributed by atoms with Gasteiger partial charge in [-0.15, -0.1) is 0 Å². The Morgan fingerprint density at radius 1 is 0.280 bits per heavy atom. The molecule has 0 amide bonds. The smallest absolute Gasteiger partial charge is 0.306 e. The first kappa shape index (κ1) is 71.6. The average Bonchev–Trinajstić information content (AvgIpc) is 3.41. The molecule has 0 spiro atoms. The van der Waals surface area contributed by atoms with Gasteiger partial charge in [-0.3, -0.25) is 14.4 Å². The molecule has 0 aliphatic heterocycles. The van der Waals surface area contributed by atoms with E-state index in [0.717, 1.165) is 122 Å². The zero-order chi connectivity index (χ0) is 54.3. The molecule has 432 valence electrons. The molecule has 0 aromatic heterocycles. The fraction of sp³-hybridized carbons (Fsp3) is 0.754. The van der Waals surface area contributed by atoms with Crippen LogP contribution in [0.5, 0.6) is 0 Å². The van der Waals surface area contributed by atoms with Crippen LogP contribution in [0.3, 0.4) is 0 Å². The van der Waals surface area contributed by atoms with Crippen molar-refractivity contribution in [3.05, 3.63) is 85.1 Å². The SMILES string of the molecule is CC/C=C\C/C=C\C/C=C\C/C=C\C/C=C\C/C=C\C/C=C\CCCCCCCC(=O)OCC(COC(=O)CCCCCCCCCCCC)OC(=O)CCCCCCCCCCCCCCCCCCCCCC. The third-order valence-corrected chi connectivity index (χ3v) is 13.9. The molecule has 0 heterocycles. The normalized spacial score (nSPS) is 12.6. The van der Waals surface area contributed by atoms with Gasteiger partial charge in [0.05, 0.1) is 0 Å². The molecule has 1 unspecified atom stereocenters. The van der Waals surface area contributed by atoms with Gasteiger partial charge in [0.15, 0.2) is 6.10 Å². The third kappa shape index (κ3) is 61.3. The van der Waals surface area contributed by atoms with Gasteiger partial charge in [0.2, 0.25) is 0 Å². The Hall–Kier alpha value is -3.41. The molecule has 0 aromatic rings. The van der Waals surface area contributed by atoms with E-state index in [9.17, 15) is 14.4 Å². The highest BCUT2D eigenvalue weighted by atomic mass is 16.6. The Morgan fingerprint density at radius 3 is 0.813 bits per heavy atom. The molecule has 0 saturated heterocycles. The zero-order valence-electron chi connectivity index (χ0n) is 49.6. The van der Waals surface area contributed by atoms with Gasteiger partial charge in [-0.1, -0.05) is 305 Å². The number of esters is 3. The van der Waals surface area contributed by atoms with E-state index in [0.29, 0.717) is 19.3 Å². The van der Waals surface area contributed by atoms with Crippen LogP contribution in [0.25, 0.3) is 0 Å². The lowest BCUT2D eigenvalue weighted by Crippen LogP contribution is -2.30. The number of unbranched alkanes of at least 4 members (excludes halogenated alkanes) is 33. The van der Waals surface area contributed by atoms with Gasteiger partial charge < -0.3 is 14.2 Å². The minimum atomic E-state index is -0.782. The van der Waals surface area contributed by atoms with Crippen LogP contribution in [0.2, 0.25) is 0 Å². The summed E-state index contributed by atoms with van der Waals surface area (Å²) in [4.78, 5) is 38.2. The van der Waals surface area contributed by atoms with E-state index in [1.165, 1.54) is 154 Å². The summed E-state index contributed by atoms with van der Waals surface area (Å²) in [5.41, 5.74) is 0. The number of hydrogen-bond donors (Lipinski definition) is 0. The van der Waals surface area contributed by atoms with Crippen LogP contribution in [0.4, 0.5) is 0 Å². The Balaban J connectivity index is 4.28. The van der Waals surface area contributed by atoms with Crippen LogP contribution >= 0.6 is 0 Å². The minimum Gasteiger partial charge on any atom is -0.462 e. The molecule has 0 fully saturated rings. The van der Waals surface area contributed by atoms with Crippen molar-refractivity contribution in [3.8, 4) is 0 Å². The number of carbonyl (C=O) groups excluding carboxylic acids is 3. The molecule has 6 heteroatoms. The maximum atomic E-state index is 12.9. The molecule has 0 saturated carbocycles. The van der Waals surface area contributed by atoms with Crippen molar-refractivity contribution in [2.45, 2.75) is 322 Å². The number of ether oxygens (including phenoxy) is 3. The number of rotatable bonds is 58. The molecule has 0 radical (unpaired) electrons. The van der Waals surface area contributed by atoms with Gasteiger partial charge in [-0.25, -0.2) is 0 Å². The van der Waals surface area contributed by atoms with Crippen LogP contribution in [-0.2, 0) is 28.6 Å². The first-order valence-corrected chi connectivity index (χ1v) is 32.1. The van der Waals surface area contributed by atoms with Gasteiger partial charge in [0.1, 0.15) is 13.2 Å². The number of allylic oxidation sites excluding steroid dienone is 14. The summed E-state index contributed by atoms with van der Waals surface area (Å²) in [5.74, 6) is -0.886. The van der Waals surface area contributed by atoms with Crippen molar-refractivity contribution < 1.29 is 28.6 Å². The Bertz CT molecular complexity index is 1430. The molecule has 0 aliphatic rings. The molecule has 0 N–H and O–H groups in total. The first-order chi connectivity index (χ1) is 37.0. The molecule has 6 nitrogen and oxygen atoms in total. The Morgan fingerprint density at radius 2 is 0.520 bits per heavy atom. The van der Waals surface area contributed by atoms with E-state index in [2.05, 4.69) is 106 Å². The lowest BCUT2D eigenvalue weighted by atomic mass is 10.0.